The van der Waals surface area contributed by atoms with Gasteiger partial charge in [-0.3, -0.25) is 9.59 Å². The Morgan fingerprint density at radius 1 is 1.25 bits per heavy atom. The van der Waals surface area contributed by atoms with Crippen LogP contribution >= 0.6 is 0 Å². The molecule has 1 unspecified atom stereocenters. The summed E-state index contributed by atoms with van der Waals surface area (Å²) in [5, 5.41) is 8.71. The number of morpholine rings is 1. The topological polar surface area (TPSA) is 88.7 Å². The molecule has 2 amide bonds. The van der Waals surface area contributed by atoms with Crippen molar-refractivity contribution >= 4 is 23.2 Å². The van der Waals surface area contributed by atoms with Crippen LogP contribution in [0.3, 0.4) is 0 Å². The van der Waals surface area contributed by atoms with Gasteiger partial charge in [-0.05, 0) is 36.4 Å². The van der Waals surface area contributed by atoms with E-state index in [0.29, 0.717) is 30.3 Å². The molecule has 0 spiro atoms. The second-order valence-corrected chi connectivity index (χ2v) is 6.36. The summed E-state index contributed by atoms with van der Waals surface area (Å²) >= 11 is 0. The minimum Gasteiger partial charge on any atom is -0.495 e. The normalized spacial score (nSPS) is 16.3. The Morgan fingerprint density at radius 3 is 2.82 bits per heavy atom. The van der Waals surface area contributed by atoms with Crippen molar-refractivity contribution in [3.63, 3.8) is 0 Å². The predicted octanol–water partition coefficient (Wildman–Crippen LogP) is 2.40. The first-order valence-electron chi connectivity index (χ1n) is 8.91. The molecular weight excluding hydrogens is 365 g/mol. The molecule has 1 heterocycles. The van der Waals surface area contributed by atoms with Crippen molar-refractivity contribution in [2.75, 3.05) is 37.5 Å². The van der Waals surface area contributed by atoms with Crippen LogP contribution < -0.4 is 20.7 Å². The number of hydrogen-bond acceptors (Lipinski definition) is 5. The maximum Gasteiger partial charge on any atom is 0.255 e. The van der Waals surface area contributed by atoms with Gasteiger partial charge in [-0.1, -0.05) is 6.07 Å². The molecule has 1 aliphatic rings. The average molecular weight is 387 g/mol. The second-order valence-electron chi connectivity index (χ2n) is 6.36. The lowest BCUT2D eigenvalue weighted by molar-refractivity contribution is -0.117. The monoisotopic (exact) mass is 387 g/mol. The van der Waals surface area contributed by atoms with E-state index in [1.165, 1.54) is 25.3 Å². The highest BCUT2D eigenvalue weighted by molar-refractivity contribution is 6.05. The van der Waals surface area contributed by atoms with Gasteiger partial charge in [0.2, 0.25) is 5.91 Å². The first kappa shape index (κ1) is 19.8. The third-order valence-corrected chi connectivity index (χ3v) is 4.25. The van der Waals surface area contributed by atoms with Crippen molar-refractivity contribution in [1.82, 2.24) is 5.32 Å². The molecule has 0 saturated carbocycles. The maximum atomic E-state index is 13.3. The molecule has 2 aromatic rings. The minimum absolute atomic E-state index is 0.0286. The number of carbonyl (C=O) groups is 2. The van der Waals surface area contributed by atoms with Crippen LogP contribution in [0.1, 0.15) is 16.8 Å². The van der Waals surface area contributed by atoms with E-state index in [9.17, 15) is 14.0 Å². The van der Waals surface area contributed by atoms with Crippen molar-refractivity contribution in [3.8, 4) is 5.75 Å². The van der Waals surface area contributed by atoms with Crippen molar-refractivity contribution < 1.29 is 23.5 Å². The Bertz CT molecular complexity index is 853. The Balaban J connectivity index is 1.68. The van der Waals surface area contributed by atoms with Gasteiger partial charge < -0.3 is 25.4 Å². The summed E-state index contributed by atoms with van der Waals surface area (Å²) in [6.07, 6.45) is 0.275. The lowest BCUT2D eigenvalue weighted by Crippen LogP contribution is -2.43. The molecule has 1 atom stereocenters. The molecule has 3 N–H and O–H groups in total. The highest BCUT2D eigenvalue weighted by atomic mass is 19.1. The van der Waals surface area contributed by atoms with E-state index in [0.717, 1.165) is 12.6 Å². The third-order valence-electron chi connectivity index (χ3n) is 4.25. The minimum atomic E-state index is -0.499. The summed E-state index contributed by atoms with van der Waals surface area (Å²) in [6, 6.07) is 10.3. The summed E-state index contributed by atoms with van der Waals surface area (Å²) in [7, 11) is 1.47. The van der Waals surface area contributed by atoms with E-state index >= 15 is 0 Å². The fourth-order valence-corrected chi connectivity index (χ4v) is 2.89. The molecule has 3 rings (SSSR count). The van der Waals surface area contributed by atoms with Crippen LogP contribution in [0.15, 0.2) is 42.5 Å². The van der Waals surface area contributed by atoms with Crippen molar-refractivity contribution in [1.29, 1.82) is 0 Å². The van der Waals surface area contributed by atoms with Gasteiger partial charge in [0, 0.05) is 30.3 Å². The zero-order chi connectivity index (χ0) is 19.9. The first-order valence-corrected chi connectivity index (χ1v) is 8.91. The molecule has 2 aromatic carbocycles. The van der Waals surface area contributed by atoms with Crippen molar-refractivity contribution in [3.05, 3.63) is 53.8 Å². The smallest absolute Gasteiger partial charge is 0.255 e. The molecule has 1 fully saturated rings. The number of anilines is 2. The zero-order valence-electron chi connectivity index (χ0n) is 15.5. The van der Waals surface area contributed by atoms with E-state index in [4.69, 9.17) is 9.47 Å². The number of hydrogen-bond donors (Lipinski definition) is 3. The van der Waals surface area contributed by atoms with E-state index in [2.05, 4.69) is 16.0 Å². The molecule has 148 valence electrons. The van der Waals surface area contributed by atoms with Crippen molar-refractivity contribution in [2.45, 2.75) is 12.5 Å². The largest absolute Gasteiger partial charge is 0.495 e. The summed E-state index contributed by atoms with van der Waals surface area (Å²) < 4.78 is 23.9. The number of ether oxygens (including phenoxy) is 2. The molecule has 8 heteroatoms. The lowest BCUT2D eigenvalue weighted by Gasteiger charge is -2.23. The van der Waals surface area contributed by atoms with Crippen LogP contribution in [0.2, 0.25) is 0 Å². The van der Waals surface area contributed by atoms with Crippen LogP contribution in [-0.4, -0.2) is 44.7 Å². The number of amides is 2. The third kappa shape index (κ3) is 5.28. The van der Waals surface area contributed by atoms with E-state index in [1.54, 1.807) is 18.2 Å². The molecule has 0 aromatic heterocycles. The fourth-order valence-electron chi connectivity index (χ4n) is 2.89. The predicted molar refractivity (Wildman–Crippen MR) is 103 cm³/mol. The van der Waals surface area contributed by atoms with Crippen LogP contribution in [0.5, 0.6) is 5.75 Å². The van der Waals surface area contributed by atoms with Gasteiger partial charge in [0.15, 0.2) is 0 Å². The second kappa shape index (κ2) is 9.29. The summed E-state index contributed by atoms with van der Waals surface area (Å²) in [4.78, 5) is 24.6. The molecule has 7 nitrogen and oxygen atoms in total. The van der Waals surface area contributed by atoms with Gasteiger partial charge in [-0.2, -0.15) is 0 Å². The molecule has 28 heavy (non-hydrogen) atoms. The summed E-state index contributed by atoms with van der Waals surface area (Å²) in [5.41, 5.74) is 1.06. The van der Waals surface area contributed by atoms with Crippen LogP contribution in [0, 0.1) is 5.82 Å². The molecule has 1 aliphatic heterocycles. The Kier molecular flexibility index (Phi) is 6.57. The average Bonchev–Trinajstić information content (AvgIpc) is 2.69. The highest BCUT2D eigenvalue weighted by Crippen LogP contribution is 2.28. The number of halogens is 1. The molecular formula is C20H22FN3O4. The van der Waals surface area contributed by atoms with Gasteiger partial charge in [-0.15, -0.1) is 0 Å². The zero-order valence-corrected chi connectivity index (χ0v) is 15.5. The molecule has 0 aliphatic carbocycles. The Hall–Kier alpha value is -2.97. The van der Waals surface area contributed by atoms with E-state index in [-0.39, 0.29) is 23.9 Å². The van der Waals surface area contributed by atoms with Gasteiger partial charge in [0.25, 0.3) is 5.91 Å². The highest BCUT2D eigenvalue weighted by Gasteiger charge is 2.17. The first-order chi connectivity index (χ1) is 13.5. The van der Waals surface area contributed by atoms with E-state index in [1.807, 2.05) is 0 Å². The molecule has 1 saturated heterocycles. The van der Waals surface area contributed by atoms with Gasteiger partial charge >= 0.3 is 0 Å². The number of rotatable bonds is 6. The Morgan fingerprint density at radius 2 is 2.11 bits per heavy atom. The lowest BCUT2D eigenvalue weighted by atomic mass is 10.1. The SMILES string of the molecule is COc1ccc(NC(=O)CC2COCCN2)cc1NC(=O)c1cccc(F)c1. The summed E-state index contributed by atoms with van der Waals surface area (Å²) in [6.45, 7) is 1.85. The number of benzene rings is 2. The number of carbonyl (C=O) groups excluding carboxylic acids is 2. The maximum absolute atomic E-state index is 13.3. The van der Waals surface area contributed by atoms with Gasteiger partial charge in [0.1, 0.15) is 11.6 Å². The quantitative estimate of drug-likeness (QED) is 0.708. The van der Waals surface area contributed by atoms with Crippen LogP contribution in [0.4, 0.5) is 15.8 Å². The van der Waals surface area contributed by atoms with Gasteiger partial charge in [-0.25, -0.2) is 4.39 Å². The summed E-state index contributed by atoms with van der Waals surface area (Å²) in [5.74, 6) is -0.730. The fraction of sp³-hybridized carbons (Fsp3) is 0.300. The Labute approximate surface area is 162 Å². The van der Waals surface area contributed by atoms with Crippen LogP contribution in [-0.2, 0) is 9.53 Å². The van der Waals surface area contributed by atoms with Crippen molar-refractivity contribution in [2.24, 2.45) is 0 Å². The number of methoxy groups -OCH3 is 1. The van der Waals surface area contributed by atoms with E-state index < -0.39 is 11.7 Å². The number of nitrogens with one attached hydrogen (secondary N) is 3. The molecule has 0 radical (unpaired) electrons. The standard InChI is InChI=1S/C20H22FN3O4/c1-27-18-6-5-15(23-19(25)11-16-12-28-8-7-22-16)10-17(18)24-20(26)13-3-2-4-14(21)9-13/h2-6,9-10,16,22H,7-8,11-12H2,1H3,(H,23,25)(H,24,26). The molecule has 0 bridgehead atoms. The van der Waals surface area contributed by atoms with Crippen LogP contribution in [0.25, 0.3) is 0 Å². The van der Waals surface area contributed by atoms with Gasteiger partial charge in [0.05, 0.1) is 26.0 Å².